The minimum Gasteiger partial charge on any atom is -0.380 e. The zero-order valence-corrected chi connectivity index (χ0v) is 12.1. The summed E-state index contributed by atoms with van der Waals surface area (Å²) in [6, 6.07) is 7.28. The molecule has 1 fully saturated rings. The third-order valence-corrected chi connectivity index (χ3v) is 4.43. The van der Waals surface area contributed by atoms with Crippen LogP contribution < -0.4 is 11.1 Å². The fourth-order valence-corrected chi connectivity index (χ4v) is 3.49. The van der Waals surface area contributed by atoms with Gasteiger partial charge in [0.05, 0.1) is 0 Å². The van der Waals surface area contributed by atoms with Crippen LogP contribution in [0, 0.1) is 0 Å². The summed E-state index contributed by atoms with van der Waals surface area (Å²) in [6.07, 6.45) is 5.01. The van der Waals surface area contributed by atoms with Crippen molar-refractivity contribution in [3.63, 3.8) is 0 Å². The summed E-state index contributed by atoms with van der Waals surface area (Å²) in [5.41, 5.74) is 9.01. The van der Waals surface area contributed by atoms with Crippen molar-refractivity contribution in [3.8, 4) is 0 Å². The van der Waals surface area contributed by atoms with E-state index in [4.69, 9.17) is 5.73 Å². The molecular weight excluding hydrogens is 300 g/mol. The van der Waals surface area contributed by atoms with Gasteiger partial charge < -0.3 is 11.1 Å². The number of hydrogen-bond donors (Lipinski definition) is 2. The smallest absolute Gasteiger partial charge is 0.0481 e. The topological polar surface area (TPSA) is 38.0 Å². The summed E-state index contributed by atoms with van der Waals surface area (Å²) < 4.78 is 1.17. The molecule has 94 valence electrons. The van der Waals surface area contributed by atoms with Crippen molar-refractivity contribution in [2.24, 2.45) is 5.73 Å². The van der Waals surface area contributed by atoms with Crippen LogP contribution in [0.2, 0.25) is 0 Å². The average molecular weight is 318 g/mol. The monoisotopic (exact) mass is 316 g/mol. The maximum absolute atomic E-state index is 6.26. The summed E-state index contributed by atoms with van der Waals surface area (Å²) in [4.78, 5) is 0. The standard InChI is InChI=1S/C13H17BrN2.ClH/c14-8-5-6-12-10(7-8)9-3-1-2-4-11(15)13(9)16-12;/h5-7,9,11,13,16H,1-4,15H2;1H. The Morgan fingerprint density at radius 3 is 2.82 bits per heavy atom. The molecule has 0 radical (unpaired) electrons. The molecule has 0 amide bonds. The maximum Gasteiger partial charge on any atom is 0.0481 e. The molecule has 1 heterocycles. The Balaban J connectivity index is 0.00000108. The van der Waals surface area contributed by atoms with Crippen LogP contribution in [-0.2, 0) is 0 Å². The summed E-state index contributed by atoms with van der Waals surface area (Å²) >= 11 is 3.56. The molecule has 3 rings (SSSR count). The van der Waals surface area contributed by atoms with E-state index >= 15 is 0 Å². The highest BCUT2D eigenvalue weighted by Crippen LogP contribution is 2.43. The third kappa shape index (κ3) is 2.33. The van der Waals surface area contributed by atoms with E-state index in [2.05, 4.69) is 39.4 Å². The van der Waals surface area contributed by atoms with Gasteiger partial charge >= 0.3 is 0 Å². The minimum atomic E-state index is 0. The number of benzene rings is 1. The van der Waals surface area contributed by atoms with Crippen molar-refractivity contribution in [2.45, 2.75) is 43.7 Å². The fraction of sp³-hybridized carbons (Fsp3) is 0.538. The molecule has 3 atom stereocenters. The SMILES string of the molecule is Cl.NC1CCCCC2c3cc(Br)ccc3NC12. The van der Waals surface area contributed by atoms with E-state index < -0.39 is 0 Å². The predicted molar refractivity (Wildman–Crippen MR) is 78.0 cm³/mol. The first-order valence-corrected chi connectivity index (χ1v) is 6.86. The quantitative estimate of drug-likeness (QED) is 0.766. The molecule has 3 unspecified atom stereocenters. The summed E-state index contributed by atoms with van der Waals surface area (Å²) in [5, 5.41) is 3.61. The van der Waals surface area contributed by atoms with Gasteiger partial charge in [0, 0.05) is 28.2 Å². The van der Waals surface area contributed by atoms with Crippen molar-refractivity contribution < 1.29 is 0 Å². The van der Waals surface area contributed by atoms with Crippen LogP contribution in [0.25, 0.3) is 0 Å². The van der Waals surface area contributed by atoms with Crippen LogP contribution in [0.3, 0.4) is 0 Å². The van der Waals surface area contributed by atoms with Crippen molar-refractivity contribution in [2.75, 3.05) is 5.32 Å². The van der Waals surface area contributed by atoms with Gasteiger partial charge in [-0.05, 0) is 36.6 Å². The molecule has 4 heteroatoms. The van der Waals surface area contributed by atoms with Gasteiger partial charge in [0.1, 0.15) is 0 Å². The van der Waals surface area contributed by atoms with Gasteiger partial charge in [-0.1, -0.05) is 28.8 Å². The van der Waals surface area contributed by atoms with Crippen LogP contribution in [-0.4, -0.2) is 12.1 Å². The van der Waals surface area contributed by atoms with Crippen LogP contribution in [0.15, 0.2) is 22.7 Å². The second kappa shape index (κ2) is 5.17. The molecule has 0 bridgehead atoms. The maximum atomic E-state index is 6.26. The Bertz CT molecular complexity index is 410. The minimum absolute atomic E-state index is 0. The van der Waals surface area contributed by atoms with E-state index in [0.29, 0.717) is 18.0 Å². The number of anilines is 1. The van der Waals surface area contributed by atoms with E-state index in [1.54, 1.807) is 0 Å². The Hall–Kier alpha value is -0.250. The molecular formula is C13H18BrClN2. The van der Waals surface area contributed by atoms with Gasteiger partial charge in [-0.2, -0.15) is 0 Å². The highest BCUT2D eigenvalue weighted by Gasteiger charge is 2.36. The third-order valence-electron chi connectivity index (χ3n) is 3.93. The normalized spacial score (nSPS) is 30.6. The molecule has 0 spiro atoms. The Morgan fingerprint density at radius 1 is 1.24 bits per heavy atom. The highest BCUT2D eigenvalue weighted by atomic mass is 79.9. The molecule has 0 saturated heterocycles. The van der Waals surface area contributed by atoms with Crippen LogP contribution >= 0.6 is 28.3 Å². The van der Waals surface area contributed by atoms with E-state index in [-0.39, 0.29) is 12.4 Å². The summed E-state index contributed by atoms with van der Waals surface area (Å²) in [5.74, 6) is 0.616. The van der Waals surface area contributed by atoms with Crippen molar-refractivity contribution in [3.05, 3.63) is 28.2 Å². The molecule has 1 aromatic carbocycles. The first-order chi connectivity index (χ1) is 7.75. The van der Waals surface area contributed by atoms with Gasteiger partial charge in [0.25, 0.3) is 0 Å². The zero-order valence-electron chi connectivity index (χ0n) is 9.66. The Kier molecular flexibility index (Phi) is 4.01. The molecule has 1 saturated carbocycles. The van der Waals surface area contributed by atoms with Crippen LogP contribution in [0.1, 0.15) is 37.2 Å². The lowest BCUT2D eigenvalue weighted by atomic mass is 9.89. The lowest BCUT2D eigenvalue weighted by Crippen LogP contribution is -2.39. The molecule has 1 aliphatic carbocycles. The summed E-state index contributed by atoms with van der Waals surface area (Å²) in [7, 11) is 0. The summed E-state index contributed by atoms with van der Waals surface area (Å²) in [6.45, 7) is 0. The highest BCUT2D eigenvalue weighted by molar-refractivity contribution is 9.10. The number of fused-ring (bicyclic) bond motifs is 3. The van der Waals surface area contributed by atoms with Crippen LogP contribution in [0.5, 0.6) is 0 Å². The van der Waals surface area contributed by atoms with Gasteiger partial charge in [0.2, 0.25) is 0 Å². The van der Waals surface area contributed by atoms with Gasteiger partial charge in [-0.25, -0.2) is 0 Å². The lowest BCUT2D eigenvalue weighted by molar-refractivity contribution is 0.499. The molecule has 3 N–H and O–H groups in total. The van der Waals surface area contributed by atoms with Gasteiger partial charge in [0.15, 0.2) is 0 Å². The fourth-order valence-electron chi connectivity index (χ4n) is 3.11. The molecule has 0 aromatic heterocycles. The van der Waals surface area contributed by atoms with Crippen LogP contribution in [0.4, 0.5) is 5.69 Å². The molecule has 2 nitrogen and oxygen atoms in total. The average Bonchev–Trinajstić information content (AvgIpc) is 2.52. The number of halogens is 2. The second-order valence-corrected chi connectivity index (χ2v) is 5.87. The predicted octanol–water partition coefficient (Wildman–Crippen LogP) is 3.65. The van der Waals surface area contributed by atoms with Gasteiger partial charge in [-0.3, -0.25) is 0 Å². The molecule has 1 aromatic rings. The number of rotatable bonds is 0. The van der Waals surface area contributed by atoms with E-state index in [9.17, 15) is 0 Å². The Labute approximate surface area is 117 Å². The van der Waals surface area contributed by atoms with E-state index in [1.807, 2.05) is 0 Å². The van der Waals surface area contributed by atoms with E-state index in [1.165, 1.54) is 35.0 Å². The van der Waals surface area contributed by atoms with Crippen molar-refractivity contribution in [1.29, 1.82) is 0 Å². The number of nitrogens with one attached hydrogen (secondary N) is 1. The first-order valence-electron chi connectivity index (χ1n) is 6.07. The lowest BCUT2D eigenvalue weighted by Gasteiger charge is -2.23. The first kappa shape index (κ1) is 13.2. The molecule has 2 aliphatic rings. The Morgan fingerprint density at radius 2 is 2.00 bits per heavy atom. The van der Waals surface area contributed by atoms with Crippen molar-refractivity contribution >= 4 is 34.0 Å². The van der Waals surface area contributed by atoms with Gasteiger partial charge in [-0.15, -0.1) is 12.4 Å². The number of hydrogen-bond acceptors (Lipinski definition) is 2. The van der Waals surface area contributed by atoms with E-state index in [0.717, 1.165) is 6.42 Å². The largest absolute Gasteiger partial charge is 0.380 e. The second-order valence-electron chi connectivity index (χ2n) is 4.96. The van der Waals surface area contributed by atoms with Crippen molar-refractivity contribution in [1.82, 2.24) is 0 Å². The molecule has 1 aliphatic heterocycles. The molecule has 17 heavy (non-hydrogen) atoms. The number of nitrogens with two attached hydrogens (primary N) is 1. The zero-order chi connectivity index (χ0) is 11.1.